The van der Waals surface area contributed by atoms with Gasteiger partial charge in [-0.1, -0.05) is 18.2 Å². The fourth-order valence-electron chi connectivity index (χ4n) is 2.76. The molecule has 23 heavy (non-hydrogen) atoms. The van der Waals surface area contributed by atoms with Crippen LogP contribution in [-0.2, 0) is 16.0 Å². The van der Waals surface area contributed by atoms with Gasteiger partial charge in [-0.05, 0) is 11.6 Å². The van der Waals surface area contributed by atoms with Crippen LogP contribution in [0.2, 0.25) is 0 Å². The fourth-order valence-corrected chi connectivity index (χ4v) is 2.76. The number of anilines is 1. The van der Waals surface area contributed by atoms with Crippen molar-refractivity contribution in [3.8, 4) is 12.3 Å². The van der Waals surface area contributed by atoms with Crippen molar-refractivity contribution in [2.24, 2.45) is 10.2 Å². The lowest BCUT2D eigenvalue weighted by Crippen LogP contribution is -2.40. The Morgan fingerprint density at radius 3 is 2.87 bits per heavy atom. The van der Waals surface area contributed by atoms with Crippen molar-refractivity contribution >= 4 is 17.5 Å². The van der Waals surface area contributed by atoms with Crippen LogP contribution in [0, 0.1) is 12.3 Å². The maximum absolute atomic E-state index is 12.1. The van der Waals surface area contributed by atoms with E-state index in [0.29, 0.717) is 25.8 Å². The molecule has 1 aromatic carbocycles. The van der Waals surface area contributed by atoms with E-state index in [4.69, 9.17) is 6.42 Å². The van der Waals surface area contributed by atoms with Gasteiger partial charge in [0.2, 0.25) is 11.8 Å². The molecule has 0 aliphatic carbocycles. The van der Waals surface area contributed by atoms with Crippen molar-refractivity contribution in [2.45, 2.75) is 31.3 Å². The molecule has 1 aromatic rings. The van der Waals surface area contributed by atoms with Gasteiger partial charge in [0, 0.05) is 31.5 Å². The SMILES string of the molecule is C#CCCC1(CCNC(=O)CN2C(=O)Cc3ccccc32)N=N1. The molecule has 0 aromatic heterocycles. The van der Waals surface area contributed by atoms with Gasteiger partial charge in [-0.25, -0.2) is 0 Å². The van der Waals surface area contributed by atoms with E-state index in [-0.39, 0.29) is 18.4 Å². The summed E-state index contributed by atoms with van der Waals surface area (Å²) in [5.41, 5.74) is 1.40. The molecular formula is C17H18N4O2. The third-order valence-corrected chi connectivity index (χ3v) is 4.13. The second-order valence-corrected chi connectivity index (χ2v) is 5.77. The zero-order valence-electron chi connectivity index (χ0n) is 12.8. The van der Waals surface area contributed by atoms with Crippen molar-refractivity contribution in [3.05, 3.63) is 29.8 Å². The van der Waals surface area contributed by atoms with Gasteiger partial charge in [0.1, 0.15) is 6.54 Å². The average Bonchev–Trinajstić information content (AvgIpc) is 3.24. The third kappa shape index (κ3) is 3.39. The first-order valence-electron chi connectivity index (χ1n) is 7.66. The Balaban J connectivity index is 1.47. The summed E-state index contributed by atoms with van der Waals surface area (Å²) in [7, 11) is 0. The Morgan fingerprint density at radius 1 is 1.35 bits per heavy atom. The molecule has 0 unspecified atom stereocenters. The van der Waals surface area contributed by atoms with E-state index in [1.54, 1.807) is 0 Å². The molecule has 118 valence electrons. The van der Waals surface area contributed by atoms with Crippen LogP contribution in [0.3, 0.4) is 0 Å². The van der Waals surface area contributed by atoms with Gasteiger partial charge in [-0.15, -0.1) is 12.3 Å². The van der Waals surface area contributed by atoms with Gasteiger partial charge in [0.25, 0.3) is 0 Å². The molecule has 0 bridgehead atoms. The topological polar surface area (TPSA) is 74.1 Å². The smallest absolute Gasteiger partial charge is 0.240 e. The predicted octanol–water partition coefficient (Wildman–Crippen LogP) is 1.66. The quantitative estimate of drug-likeness (QED) is 0.778. The number of benzene rings is 1. The van der Waals surface area contributed by atoms with Crippen molar-refractivity contribution in [1.82, 2.24) is 5.32 Å². The normalized spacial score (nSPS) is 16.8. The summed E-state index contributed by atoms with van der Waals surface area (Å²) in [6, 6.07) is 7.54. The highest BCUT2D eigenvalue weighted by molar-refractivity contribution is 6.04. The molecule has 0 saturated heterocycles. The molecular weight excluding hydrogens is 292 g/mol. The molecule has 2 aliphatic rings. The predicted molar refractivity (Wildman–Crippen MR) is 85.8 cm³/mol. The highest BCUT2D eigenvalue weighted by Gasteiger charge is 2.38. The highest BCUT2D eigenvalue weighted by Crippen LogP contribution is 2.36. The summed E-state index contributed by atoms with van der Waals surface area (Å²) in [4.78, 5) is 25.6. The minimum absolute atomic E-state index is 0.0426. The van der Waals surface area contributed by atoms with Gasteiger partial charge in [-0.2, -0.15) is 10.2 Å². The molecule has 6 heteroatoms. The zero-order valence-corrected chi connectivity index (χ0v) is 12.8. The van der Waals surface area contributed by atoms with Gasteiger partial charge in [-0.3, -0.25) is 9.59 Å². The summed E-state index contributed by atoms with van der Waals surface area (Å²) in [5, 5.41) is 10.9. The molecule has 2 aliphatic heterocycles. The lowest BCUT2D eigenvalue weighted by atomic mass is 10.0. The standard InChI is InChI=1S/C17H18N4O2/c1-2-3-8-17(19-20-17)9-10-18-15(22)12-21-14-7-5-4-6-13(14)11-16(21)23/h1,4-7H,3,8-12H2,(H,18,22). The van der Waals surface area contributed by atoms with Crippen LogP contribution in [0.5, 0.6) is 0 Å². The van der Waals surface area contributed by atoms with E-state index in [1.807, 2.05) is 24.3 Å². The highest BCUT2D eigenvalue weighted by atomic mass is 16.2. The maximum Gasteiger partial charge on any atom is 0.240 e. The Hall–Kier alpha value is -2.68. The molecule has 0 atom stereocenters. The molecule has 0 spiro atoms. The molecule has 2 heterocycles. The molecule has 0 fully saturated rings. The minimum Gasteiger partial charge on any atom is -0.354 e. The molecule has 6 nitrogen and oxygen atoms in total. The number of terminal acetylenes is 1. The molecule has 2 amide bonds. The summed E-state index contributed by atoms with van der Waals surface area (Å²) >= 11 is 0. The molecule has 0 saturated carbocycles. The number of hydrogen-bond acceptors (Lipinski definition) is 4. The van der Waals surface area contributed by atoms with E-state index in [9.17, 15) is 9.59 Å². The Labute approximate surface area is 135 Å². The number of hydrogen-bond donors (Lipinski definition) is 1. The number of para-hydroxylation sites is 1. The van der Waals surface area contributed by atoms with Crippen molar-refractivity contribution in [2.75, 3.05) is 18.0 Å². The zero-order chi connectivity index (χ0) is 16.3. The fraction of sp³-hybridized carbons (Fsp3) is 0.412. The van der Waals surface area contributed by atoms with Crippen LogP contribution in [0.4, 0.5) is 5.69 Å². The summed E-state index contributed by atoms with van der Waals surface area (Å²) in [5.74, 6) is 2.35. The number of carbonyl (C=O) groups excluding carboxylic acids is 2. The van der Waals surface area contributed by atoms with Gasteiger partial charge in [0.15, 0.2) is 5.66 Å². The van der Waals surface area contributed by atoms with Crippen LogP contribution in [0.25, 0.3) is 0 Å². The second kappa shape index (κ2) is 6.21. The van der Waals surface area contributed by atoms with E-state index in [2.05, 4.69) is 21.5 Å². The number of nitrogens with zero attached hydrogens (tertiary/aromatic N) is 3. The first-order chi connectivity index (χ1) is 11.1. The summed E-state index contributed by atoms with van der Waals surface area (Å²) < 4.78 is 0. The second-order valence-electron chi connectivity index (χ2n) is 5.77. The number of nitrogens with one attached hydrogen (secondary N) is 1. The van der Waals surface area contributed by atoms with Crippen LogP contribution in [-0.4, -0.2) is 30.6 Å². The van der Waals surface area contributed by atoms with E-state index in [0.717, 1.165) is 17.7 Å². The van der Waals surface area contributed by atoms with Crippen LogP contribution in [0.15, 0.2) is 34.5 Å². The Kier molecular flexibility index (Phi) is 4.11. The van der Waals surface area contributed by atoms with E-state index < -0.39 is 5.66 Å². The van der Waals surface area contributed by atoms with Crippen LogP contribution >= 0.6 is 0 Å². The summed E-state index contributed by atoms with van der Waals surface area (Å²) in [6.45, 7) is 0.515. The maximum atomic E-state index is 12.1. The minimum atomic E-state index is -0.393. The number of rotatable bonds is 7. The first-order valence-corrected chi connectivity index (χ1v) is 7.66. The lowest BCUT2D eigenvalue weighted by molar-refractivity contribution is -0.123. The molecule has 0 radical (unpaired) electrons. The van der Waals surface area contributed by atoms with Crippen molar-refractivity contribution < 1.29 is 9.59 Å². The number of amides is 2. The first kappa shape index (κ1) is 15.2. The number of fused-ring (bicyclic) bond motifs is 1. The molecule has 1 N–H and O–H groups in total. The molecule has 3 rings (SSSR count). The van der Waals surface area contributed by atoms with Gasteiger partial charge in [0.05, 0.1) is 6.42 Å². The number of carbonyl (C=O) groups is 2. The van der Waals surface area contributed by atoms with Crippen molar-refractivity contribution in [1.29, 1.82) is 0 Å². The lowest BCUT2D eigenvalue weighted by Gasteiger charge is -2.17. The van der Waals surface area contributed by atoms with Crippen LogP contribution < -0.4 is 10.2 Å². The van der Waals surface area contributed by atoms with Gasteiger partial charge < -0.3 is 10.2 Å². The Bertz CT molecular complexity index is 699. The van der Waals surface area contributed by atoms with Gasteiger partial charge >= 0.3 is 0 Å². The third-order valence-electron chi connectivity index (χ3n) is 4.13. The monoisotopic (exact) mass is 310 g/mol. The van der Waals surface area contributed by atoms with Crippen LogP contribution in [0.1, 0.15) is 24.8 Å². The van der Waals surface area contributed by atoms with E-state index >= 15 is 0 Å². The van der Waals surface area contributed by atoms with E-state index in [1.165, 1.54) is 4.90 Å². The average molecular weight is 310 g/mol. The summed E-state index contributed by atoms with van der Waals surface area (Å²) in [6.07, 6.45) is 7.59. The Morgan fingerprint density at radius 2 is 2.13 bits per heavy atom. The van der Waals surface area contributed by atoms with Crippen molar-refractivity contribution in [3.63, 3.8) is 0 Å². The largest absolute Gasteiger partial charge is 0.354 e.